The van der Waals surface area contributed by atoms with Crippen molar-refractivity contribution in [2.75, 3.05) is 7.05 Å². The molecule has 0 aliphatic heterocycles. The van der Waals surface area contributed by atoms with Crippen LogP contribution in [0.25, 0.3) is 0 Å². The number of nitrogens with zero attached hydrogens (tertiary/aromatic N) is 3. The standard InChI is InChI=1S/C7H10N4/c1-9-5-6-3-7(4-8)11(2)10-6/h3,9H,5H2,1-2H3/i2D3. The molecule has 1 N–H and O–H groups in total. The van der Waals surface area contributed by atoms with E-state index in [0.29, 0.717) is 12.2 Å². The van der Waals surface area contributed by atoms with Crippen LogP contribution >= 0.6 is 0 Å². The van der Waals surface area contributed by atoms with Crippen LogP contribution < -0.4 is 5.32 Å². The lowest BCUT2D eigenvalue weighted by atomic mass is 10.4. The van der Waals surface area contributed by atoms with Crippen LogP contribution in [-0.2, 0) is 13.5 Å². The average Bonchev–Trinajstić information content (AvgIpc) is 2.47. The van der Waals surface area contributed by atoms with E-state index in [-0.39, 0.29) is 5.69 Å². The number of hydrogen-bond acceptors (Lipinski definition) is 3. The minimum atomic E-state index is -2.39. The second-order valence-corrected chi connectivity index (χ2v) is 2.07. The van der Waals surface area contributed by atoms with Crippen LogP contribution in [0, 0.1) is 11.3 Å². The first-order valence-corrected chi connectivity index (χ1v) is 3.13. The molecule has 0 saturated heterocycles. The summed E-state index contributed by atoms with van der Waals surface area (Å²) in [7, 11) is 1.72. The maximum atomic E-state index is 8.68. The fourth-order valence-electron chi connectivity index (χ4n) is 0.777. The van der Waals surface area contributed by atoms with Gasteiger partial charge in [-0.1, -0.05) is 0 Å². The minimum Gasteiger partial charge on any atom is -0.314 e. The fourth-order valence-corrected chi connectivity index (χ4v) is 0.777. The van der Waals surface area contributed by atoms with Crippen molar-refractivity contribution in [1.29, 1.82) is 5.26 Å². The maximum absolute atomic E-state index is 8.68. The molecule has 0 radical (unpaired) electrons. The molecule has 0 aromatic carbocycles. The highest BCUT2D eigenvalue weighted by molar-refractivity contribution is 5.22. The Bertz CT molecular complexity index is 360. The first-order valence-electron chi connectivity index (χ1n) is 4.63. The molecule has 11 heavy (non-hydrogen) atoms. The summed E-state index contributed by atoms with van der Waals surface area (Å²) in [6, 6.07) is 3.25. The van der Waals surface area contributed by atoms with Gasteiger partial charge in [0.2, 0.25) is 0 Å². The van der Waals surface area contributed by atoms with Crippen LogP contribution in [0.3, 0.4) is 0 Å². The summed E-state index contributed by atoms with van der Waals surface area (Å²) in [5, 5.41) is 15.3. The van der Waals surface area contributed by atoms with Crippen LogP contribution in [0.1, 0.15) is 15.5 Å². The van der Waals surface area contributed by atoms with Crippen molar-refractivity contribution in [3.8, 4) is 6.07 Å². The Morgan fingerprint density at radius 3 is 3.27 bits per heavy atom. The molecule has 0 aliphatic carbocycles. The van der Waals surface area contributed by atoms with Gasteiger partial charge in [0.05, 0.1) is 5.69 Å². The lowest BCUT2D eigenvalue weighted by Gasteiger charge is -1.90. The van der Waals surface area contributed by atoms with Crippen LogP contribution in [-0.4, -0.2) is 16.8 Å². The highest BCUT2D eigenvalue weighted by Gasteiger charge is 2.01. The Labute approximate surface area is 69.7 Å². The quantitative estimate of drug-likeness (QED) is 0.651. The predicted molar refractivity (Wildman–Crippen MR) is 40.7 cm³/mol. The molecule has 0 aliphatic rings. The molecular weight excluding hydrogens is 140 g/mol. The molecule has 4 nitrogen and oxygen atoms in total. The van der Waals surface area contributed by atoms with Gasteiger partial charge in [-0.3, -0.25) is 4.68 Å². The Hall–Kier alpha value is -1.34. The van der Waals surface area contributed by atoms with Crippen molar-refractivity contribution in [2.45, 2.75) is 6.54 Å². The topological polar surface area (TPSA) is 53.6 Å². The number of hydrogen-bond donors (Lipinski definition) is 1. The third kappa shape index (κ3) is 1.57. The van der Waals surface area contributed by atoms with Crippen molar-refractivity contribution in [3.05, 3.63) is 17.5 Å². The minimum absolute atomic E-state index is 0.0512. The van der Waals surface area contributed by atoms with E-state index in [1.165, 1.54) is 6.07 Å². The van der Waals surface area contributed by atoms with E-state index in [0.717, 1.165) is 4.68 Å². The molecule has 0 unspecified atom stereocenters. The Morgan fingerprint density at radius 2 is 2.82 bits per heavy atom. The van der Waals surface area contributed by atoms with Gasteiger partial charge in [-0.2, -0.15) is 10.4 Å². The average molecular weight is 153 g/mol. The number of aromatic nitrogens is 2. The molecule has 0 bridgehead atoms. The largest absolute Gasteiger partial charge is 0.314 e. The van der Waals surface area contributed by atoms with Gasteiger partial charge in [-0.05, 0) is 13.1 Å². The van der Waals surface area contributed by atoms with Crippen molar-refractivity contribution in [3.63, 3.8) is 0 Å². The molecule has 1 aromatic rings. The van der Waals surface area contributed by atoms with E-state index in [2.05, 4.69) is 10.4 Å². The van der Waals surface area contributed by atoms with Gasteiger partial charge in [-0.25, -0.2) is 0 Å². The van der Waals surface area contributed by atoms with Gasteiger partial charge < -0.3 is 5.32 Å². The zero-order valence-corrected chi connectivity index (χ0v) is 6.13. The molecule has 0 atom stereocenters. The van der Waals surface area contributed by atoms with E-state index >= 15 is 0 Å². The molecule has 0 fully saturated rings. The second-order valence-electron chi connectivity index (χ2n) is 2.07. The van der Waals surface area contributed by atoms with Gasteiger partial charge in [0.25, 0.3) is 0 Å². The van der Waals surface area contributed by atoms with Gasteiger partial charge in [-0.15, -0.1) is 0 Å². The molecule has 0 spiro atoms. The van der Waals surface area contributed by atoms with E-state index in [1.54, 1.807) is 13.1 Å². The fraction of sp³-hybridized carbons (Fsp3) is 0.429. The molecule has 0 amide bonds. The highest BCUT2D eigenvalue weighted by atomic mass is 15.3. The second kappa shape index (κ2) is 3.17. The Kier molecular flexibility index (Phi) is 1.30. The first kappa shape index (κ1) is 4.52. The molecule has 1 aromatic heterocycles. The monoisotopic (exact) mass is 153 g/mol. The molecule has 0 saturated carbocycles. The number of rotatable bonds is 2. The van der Waals surface area contributed by atoms with Crippen molar-refractivity contribution < 1.29 is 4.11 Å². The van der Waals surface area contributed by atoms with Crippen molar-refractivity contribution in [1.82, 2.24) is 15.1 Å². The Morgan fingerprint density at radius 1 is 2.00 bits per heavy atom. The van der Waals surface area contributed by atoms with Gasteiger partial charge in [0.15, 0.2) is 0 Å². The van der Waals surface area contributed by atoms with E-state index < -0.39 is 6.98 Å². The van der Waals surface area contributed by atoms with Crippen molar-refractivity contribution >= 4 is 0 Å². The molecule has 58 valence electrons. The van der Waals surface area contributed by atoms with Gasteiger partial charge >= 0.3 is 0 Å². The Balaban J connectivity index is 3.11. The molecule has 1 heterocycles. The number of nitrogens with one attached hydrogen (secondary N) is 1. The zero-order valence-electron chi connectivity index (χ0n) is 9.13. The smallest absolute Gasteiger partial charge is 0.138 e. The van der Waals surface area contributed by atoms with Crippen LogP contribution in [0.2, 0.25) is 0 Å². The SMILES string of the molecule is [2H]C([2H])([2H])n1nc(CNC)cc1C#N. The first-order chi connectivity index (χ1) is 6.49. The van der Waals surface area contributed by atoms with Crippen LogP contribution in [0.4, 0.5) is 0 Å². The lowest BCUT2D eigenvalue weighted by molar-refractivity contribution is 0.706. The maximum Gasteiger partial charge on any atom is 0.138 e. The normalized spacial score (nSPS) is 14.7. The number of aryl methyl sites for hydroxylation is 1. The van der Waals surface area contributed by atoms with Crippen LogP contribution in [0.15, 0.2) is 6.07 Å². The molecule has 1 rings (SSSR count). The predicted octanol–water partition coefficient (Wildman–Crippen LogP) is 0.0112. The third-order valence-corrected chi connectivity index (χ3v) is 1.23. The summed E-state index contributed by atoms with van der Waals surface area (Å²) in [5.74, 6) is 0. The van der Waals surface area contributed by atoms with E-state index in [9.17, 15) is 0 Å². The summed E-state index contributed by atoms with van der Waals surface area (Å²) >= 11 is 0. The lowest BCUT2D eigenvalue weighted by Crippen LogP contribution is -2.05. The summed E-state index contributed by atoms with van der Waals surface area (Å²) < 4.78 is 22.1. The van der Waals surface area contributed by atoms with Crippen LogP contribution in [0.5, 0.6) is 0 Å². The highest BCUT2D eigenvalue weighted by Crippen LogP contribution is 1.99. The van der Waals surface area contributed by atoms with Gasteiger partial charge in [0, 0.05) is 17.6 Å². The van der Waals surface area contributed by atoms with E-state index in [1.807, 2.05) is 0 Å². The summed E-state index contributed by atoms with van der Waals surface area (Å²) in [5.41, 5.74) is 0.593. The molecular formula is C7H10N4. The zero-order chi connectivity index (χ0) is 10.8. The third-order valence-electron chi connectivity index (χ3n) is 1.23. The van der Waals surface area contributed by atoms with Gasteiger partial charge in [0.1, 0.15) is 11.8 Å². The summed E-state index contributed by atoms with van der Waals surface area (Å²) in [6.45, 7) is -1.95. The van der Waals surface area contributed by atoms with E-state index in [4.69, 9.17) is 9.37 Å². The number of nitriles is 1. The summed E-state index contributed by atoms with van der Waals surface area (Å²) in [4.78, 5) is 0. The van der Waals surface area contributed by atoms with Crippen molar-refractivity contribution in [2.24, 2.45) is 6.98 Å². The summed E-state index contributed by atoms with van der Waals surface area (Å²) in [6.07, 6.45) is 0. The molecule has 4 heteroatoms.